The Morgan fingerprint density at radius 1 is 1.36 bits per heavy atom. The average molecular weight is 304 g/mol. The minimum Gasteiger partial charge on any atom is -0.481 e. The van der Waals surface area contributed by atoms with Gasteiger partial charge in [-0.3, -0.25) is 14.4 Å². The van der Waals surface area contributed by atoms with E-state index in [2.05, 4.69) is 10.6 Å². The summed E-state index contributed by atoms with van der Waals surface area (Å²) in [5.74, 6) is -1.87. The van der Waals surface area contributed by atoms with Crippen LogP contribution in [-0.4, -0.2) is 29.4 Å². The van der Waals surface area contributed by atoms with Gasteiger partial charge < -0.3 is 15.7 Å². The number of carbonyl (C=O) groups is 3. The Morgan fingerprint density at radius 3 is 2.73 bits per heavy atom. The summed E-state index contributed by atoms with van der Waals surface area (Å²) in [5.41, 5.74) is 0.552. The minimum atomic E-state index is -0.899. The van der Waals surface area contributed by atoms with E-state index in [9.17, 15) is 14.4 Å². The third kappa shape index (κ3) is 3.44. The molecule has 1 aliphatic rings. The maximum atomic E-state index is 12.3. The highest BCUT2D eigenvalue weighted by Gasteiger charge is 2.31. The third-order valence-corrected chi connectivity index (χ3v) is 3.94. The summed E-state index contributed by atoms with van der Waals surface area (Å²) >= 11 is 0. The number of para-hydroxylation sites is 1. The van der Waals surface area contributed by atoms with Crippen molar-refractivity contribution >= 4 is 23.5 Å². The lowest BCUT2D eigenvalue weighted by Crippen LogP contribution is -2.37. The van der Waals surface area contributed by atoms with Crippen LogP contribution in [0.3, 0.4) is 0 Å². The summed E-state index contributed by atoms with van der Waals surface area (Å²) in [7, 11) is 0. The standard InChI is InChI=1S/C16H20N2O4/c1-16(2,15(21)22)7-8-17-14(20)11-9-13(19)18-12-6-4-3-5-10(11)12/h3-6,11H,7-9H2,1-2H3,(H,17,20)(H,18,19)(H,21,22). The first-order valence-electron chi connectivity index (χ1n) is 7.21. The number of benzene rings is 1. The zero-order valence-corrected chi connectivity index (χ0v) is 12.7. The number of hydrogen-bond donors (Lipinski definition) is 3. The van der Waals surface area contributed by atoms with Gasteiger partial charge in [-0.15, -0.1) is 0 Å². The normalized spacial score (nSPS) is 17.4. The van der Waals surface area contributed by atoms with Crippen molar-refractivity contribution in [2.45, 2.75) is 32.6 Å². The van der Waals surface area contributed by atoms with E-state index in [4.69, 9.17) is 5.11 Å². The monoisotopic (exact) mass is 304 g/mol. The van der Waals surface area contributed by atoms with Gasteiger partial charge in [0.25, 0.3) is 0 Å². The molecule has 0 aliphatic carbocycles. The van der Waals surface area contributed by atoms with Crippen molar-refractivity contribution in [3.63, 3.8) is 0 Å². The molecular weight excluding hydrogens is 284 g/mol. The van der Waals surface area contributed by atoms with Crippen LogP contribution in [0.1, 0.15) is 38.2 Å². The number of aliphatic carboxylic acids is 1. The molecule has 0 aromatic heterocycles. The van der Waals surface area contributed by atoms with E-state index in [-0.39, 0.29) is 24.8 Å². The number of carbonyl (C=O) groups excluding carboxylic acids is 2. The fourth-order valence-corrected chi connectivity index (χ4v) is 2.37. The lowest BCUT2D eigenvalue weighted by atomic mass is 9.88. The number of rotatable bonds is 5. The SMILES string of the molecule is CC(C)(CCNC(=O)C1CC(=O)Nc2ccccc21)C(=O)O. The van der Waals surface area contributed by atoms with Crippen molar-refractivity contribution in [1.29, 1.82) is 0 Å². The molecule has 1 heterocycles. The van der Waals surface area contributed by atoms with E-state index in [1.807, 2.05) is 12.1 Å². The molecule has 0 bridgehead atoms. The summed E-state index contributed by atoms with van der Waals surface area (Å²) in [6.07, 6.45) is 0.430. The topological polar surface area (TPSA) is 95.5 Å². The number of carboxylic acids is 1. The summed E-state index contributed by atoms with van der Waals surface area (Å²) in [4.78, 5) is 35.1. The number of anilines is 1. The van der Waals surface area contributed by atoms with Crippen molar-refractivity contribution in [3.05, 3.63) is 29.8 Å². The second kappa shape index (κ2) is 6.17. The molecule has 0 saturated heterocycles. The lowest BCUT2D eigenvalue weighted by molar-refractivity contribution is -0.147. The van der Waals surface area contributed by atoms with Crippen molar-refractivity contribution < 1.29 is 19.5 Å². The van der Waals surface area contributed by atoms with Gasteiger partial charge in [0.15, 0.2) is 0 Å². The van der Waals surface area contributed by atoms with Crippen LogP contribution in [0, 0.1) is 5.41 Å². The first-order chi connectivity index (χ1) is 10.3. The van der Waals surface area contributed by atoms with Gasteiger partial charge in [-0.2, -0.15) is 0 Å². The van der Waals surface area contributed by atoms with Crippen LogP contribution in [0.5, 0.6) is 0 Å². The van der Waals surface area contributed by atoms with Crippen LogP contribution in [0.4, 0.5) is 5.69 Å². The zero-order chi connectivity index (χ0) is 16.3. The molecule has 0 spiro atoms. The van der Waals surface area contributed by atoms with E-state index >= 15 is 0 Å². The van der Waals surface area contributed by atoms with Gasteiger partial charge in [0.05, 0.1) is 11.3 Å². The maximum Gasteiger partial charge on any atom is 0.309 e. The Balaban J connectivity index is 2.02. The molecule has 22 heavy (non-hydrogen) atoms. The van der Waals surface area contributed by atoms with Crippen molar-refractivity contribution in [2.75, 3.05) is 11.9 Å². The largest absolute Gasteiger partial charge is 0.481 e. The van der Waals surface area contributed by atoms with Crippen LogP contribution >= 0.6 is 0 Å². The second-order valence-corrected chi connectivity index (χ2v) is 6.12. The van der Waals surface area contributed by atoms with Crippen LogP contribution < -0.4 is 10.6 Å². The fraction of sp³-hybridized carbons (Fsp3) is 0.438. The second-order valence-electron chi connectivity index (χ2n) is 6.12. The summed E-state index contributed by atoms with van der Waals surface area (Å²) in [5, 5.41) is 14.5. The van der Waals surface area contributed by atoms with Crippen LogP contribution in [-0.2, 0) is 14.4 Å². The predicted octanol–water partition coefficient (Wildman–Crippen LogP) is 1.73. The number of hydrogen-bond acceptors (Lipinski definition) is 3. The molecule has 1 aromatic rings. The van der Waals surface area contributed by atoms with E-state index in [0.717, 1.165) is 5.56 Å². The smallest absolute Gasteiger partial charge is 0.309 e. The molecule has 0 fully saturated rings. The summed E-state index contributed by atoms with van der Waals surface area (Å²) in [6.45, 7) is 3.49. The number of carboxylic acid groups (broad SMARTS) is 1. The summed E-state index contributed by atoms with van der Waals surface area (Å²) in [6, 6.07) is 7.21. The van der Waals surface area contributed by atoms with Crippen LogP contribution in [0.25, 0.3) is 0 Å². The Hall–Kier alpha value is -2.37. The molecule has 1 aromatic carbocycles. The van der Waals surface area contributed by atoms with E-state index in [1.165, 1.54) is 0 Å². The molecular formula is C16H20N2O4. The third-order valence-electron chi connectivity index (χ3n) is 3.94. The Bertz CT molecular complexity index is 610. The highest BCUT2D eigenvalue weighted by atomic mass is 16.4. The van der Waals surface area contributed by atoms with E-state index in [1.54, 1.807) is 26.0 Å². The molecule has 3 N–H and O–H groups in total. The van der Waals surface area contributed by atoms with Crippen molar-refractivity contribution in [2.24, 2.45) is 5.41 Å². The molecule has 1 aliphatic heterocycles. The lowest BCUT2D eigenvalue weighted by Gasteiger charge is -2.25. The minimum absolute atomic E-state index is 0.102. The molecule has 0 radical (unpaired) electrons. The van der Waals surface area contributed by atoms with Gasteiger partial charge in [-0.25, -0.2) is 0 Å². The van der Waals surface area contributed by atoms with Gasteiger partial charge in [-0.1, -0.05) is 18.2 Å². The van der Waals surface area contributed by atoms with Crippen LogP contribution in [0.2, 0.25) is 0 Å². The van der Waals surface area contributed by atoms with Gasteiger partial charge in [0.2, 0.25) is 11.8 Å². The highest BCUT2D eigenvalue weighted by molar-refractivity contribution is 6.01. The summed E-state index contributed by atoms with van der Waals surface area (Å²) < 4.78 is 0. The van der Waals surface area contributed by atoms with E-state index in [0.29, 0.717) is 12.1 Å². The number of fused-ring (bicyclic) bond motifs is 1. The fourth-order valence-electron chi connectivity index (χ4n) is 2.37. The Labute approximate surface area is 128 Å². The molecule has 118 valence electrons. The Morgan fingerprint density at radius 2 is 2.05 bits per heavy atom. The zero-order valence-electron chi connectivity index (χ0n) is 12.7. The van der Waals surface area contributed by atoms with Gasteiger partial charge >= 0.3 is 5.97 Å². The molecule has 6 nitrogen and oxygen atoms in total. The molecule has 2 amide bonds. The Kier molecular flexibility index (Phi) is 4.49. The number of nitrogens with one attached hydrogen (secondary N) is 2. The van der Waals surface area contributed by atoms with Crippen LogP contribution in [0.15, 0.2) is 24.3 Å². The highest BCUT2D eigenvalue weighted by Crippen LogP contribution is 2.32. The first-order valence-corrected chi connectivity index (χ1v) is 7.21. The molecule has 0 saturated carbocycles. The predicted molar refractivity (Wildman–Crippen MR) is 81.5 cm³/mol. The quantitative estimate of drug-likeness (QED) is 0.772. The van der Waals surface area contributed by atoms with E-state index < -0.39 is 17.3 Å². The maximum absolute atomic E-state index is 12.3. The molecule has 2 rings (SSSR count). The molecule has 1 unspecified atom stereocenters. The van der Waals surface area contributed by atoms with Crippen molar-refractivity contribution in [1.82, 2.24) is 5.32 Å². The molecule has 1 atom stereocenters. The first kappa shape index (κ1) is 16.0. The molecule has 6 heteroatoms. The van der Waals surface area contributed by atoms with Gasteiger partial charge in [0, 0.05) is 18.7 Å². The van der Waals surface area contributed by atoms with Gasteiger partial charge in [-0.05, 0) is 31.9 Å². The number of amides is 2. The average Bonchev–Trinajstić information content (AvgIpc) is 2.45. The van der Waals surface area contributed by atoms with Gasteiger partial charge in [0.1, 0.15) is 0 Å². The van der Waals surface area contributed by atoms with Crippen molar-refractivity contribution in [3.8, 4) is 0 Å².